The van der Waals surface area contributed by atoms with Gasteiger partial charge in [-0.3, -0.25) is 0 Å². The maximum atomic E-state index is 11.9. The molecule has 0 fully saturated rings. The minimum Gasteiger partial charge on any atom is -0.195 e. The molecule has 0 aliphatic rings. The second kappa shape index (κ2) is 4.50. The van der Waals surface area contributed by atoms with E-state index < -0.39 is 0 Å². The van der Waals surface area contributed by atoms with Crippen LogP contribution in [0.4, 0.5) is 4.39 Å². The van der Waals surface area contributed by atoms with E-state index in [2.05, 4.69) is 0 Å². The molecule has 1 rings (SSSR count). The summed E-state index contributed by atoms with van der Waals surface area (Å²) in [4.78, 5) is 1.03. The fourth-order valence-corrected chi connectivity index (χ4v) is 0.984. The molecule has 0 aliphatic heterocycles. The zero-order valence-electron chi connectivity index (χ0n) is 5.94. The highest BCUT2D eigenvalue weighted by molar-refractivity contribution is 7.10. The van der Waals surface area contributed by atoms with Gasteiger partial charge in [-0.25, -0.2) is 0 Å². The number of thiophene rings is 1. The van der Waals surface area contributed by atoms with E-state index in [4.69, 9.17) is 0 Å². The van der Waals surface area contributed by atoms with Gasteiger partial charge >= 0.3 is 0 Å². The summed E-state index contributed by atoms with van der Waals surface area (Å²) in [6.07, 6.45) is 0. The first-order chi connectivity index (χ1) is 4.29. The summed E-state index contributed by atoms with van der Waals surface area (Å²) in [7, 11) is 0. The number of rotatable bonds is 0. The van der Waals surface area contributed by atoms with Crippen LogP contribution in [0, 0.1) is 12.1 Å². The van der Waals surface area contributed by atoms with Gasteiger partial charge < -0.3 is 0 Å². The maximum Gasteiger partial charge on any atom is 0.176 e. The summed E-state index contributed by atoms with van der Waals surface area (Å²) in [6.45, 7) is 5.88. The van der Waals surface area contributed by atoms with E-state index in [1.807, 2.05) is 20.8 Å². The molecule has 1 aromatic heterocycles. The van der Waals surface area contributed by atoms with Crippen molar-refractivity contribution in [3.05, 3.63) is 22.1 Å². The third kappa shape index (κ3) is 3.25. The van der Waals surface area contributed by atoms with Crippen molar-refractivity contribution in [2.24, 2.45) is 0 Å². The second-order valence-electron chi connectivity index (χ2n) is 1.35. The SMILES string of the molecule is CC.Cc1ccc(F)s1. The second-order valence-corrected chi connectivity index (χ2v) is 2.59. The predicted octanol–water partition coefficient (Wildman–Crippen LogP) is 3.22. The van der Waals surface area contributed by atoms with Gasteiger partial charge in [-0.1, -0.05) is 13.8 Å². The number of halogens is 1. The monoisotopic (exact) mass is 146 g/mol. The molecule has 0 N–H and O–H groups in total. The van der Waals surface area contributed by atoms with Crippen molar-refractivity contribution < 1.29 is 4.39 Å². The van der Waals surface area contributed by atoms with Gasteiger partial charge in [-0.15, -0.1) is 11.3 Å². The molecule has 2 heteroatoms. The van der Waals surface area contributed by atoms with Crippen LogP contribution < -0.4 is 0 Å². The van der Waals surface area contributed by atoms with E-state index in [9.17, 15) is 4.39 Å². The Morgan fingerprint density at radius 2 is 1.89 bits per heavy atom. The summed E-state index contributed by atoms with van der Waals surface area (Å²) in [5.41, 5.74) is 0. The maximum absolute atomic E-state index is 11.9. The van der Waals surface area contributed by atoms with Crippen LogP contribution >= 0.6 is 11.3 Å². The lowest BCUT2D eigenvalue weighted by molar-refractivity contribution is 0.657. The number of hydrogen-bond donors (Lipinski definition) is 0. The van der Waals surface area contributed by atoms with Crippen LogP contribution in [0.2, 0.25) is 0 Å². The average molecular weight is 146 g/mol. The highest BCUT2D eigenvalue weighted by Gasteiger charge is 1.88. The molecule has 1 aromatic rings. The van der Waals surface area contributed by atoms with E-state index in [1.54, 1.807) is 6.07 Å². The zero-order chi connectivity index (χ0) is 7.28. The summed E-state index contributed by atoms with van der Waals surface area (Å²) in [5.74, 6) is 0. The van der Waals surface area contributed by atoms with Gasteiger partial charge in [0, 0.05) is 4.88 Å². The van der Waals surface area contributed by atoms with Gasteiger partial charge in [0.25, 0.3) is 0 Å². The van der Waals surface area contributed by atoms with E-state index in [1.165, 1.54) is 17.4 Å². The Labute approximate surface area is 59.3 Å². The van der Waals surface area contributed by atoms with Gasteiger partial charge in [0.1, 0.15) is 0 Å². The molecule has 0 atom stereocenters. The first-order valence-corrected chi connectivity index (χ1v) is 3.82. The molecular formula is C7H11FS. The van der Waals surface area contributed by atoms with Crippen molar-refractivity contribution in [1.82, 2.24) is 0 Å². The van der Waals surface area contributed by atoms with Crippen LogP contribution in [0.5, 0.6) is 0 Å². The van der Waals surface area contributed by atoms with Crippen LogP contribution in [-0.2, 0) is 0 Å². The minimum atomic E-state index is -0.0995. The van der Waals surface area contributed by atoms with E-state index in [-0.39, 0.29) is 5.13 Å². The van der Waals surface area contributed by atoms with Gasteiger partial charge in [0.2, 0.25) is 0 Å². The van der Waals surface area contributed by atoms with E-state index in [0.29, 0.717) is 0 Å². The van der Waals surface area contributed by atoms with Crippen molar-refractivity contribution in [3.63, 3.8) is 0 Å². The van der Waals surface area contributed by atoms with E-state index in [0.717, 1.165) is 4.88 Å². The number of aryl methyl sites for hydroxylation is 1. The summed E-state index contributed by atoms with van der Waals surface area (Å²) in [5, 5.41) is -0.0995. The van der Waals surface area contributed by atoms with Crippen molar-refractivity contribution in [2.75, 3.05) is 0 Å². The quantitative estimate of drug-likeness (QED) is 0.527. The topological polar surface area (TPSA) is 0 Å². The Kier molecular flexibility index (Phi) is 4.32. The molecule has 0 bridgehead atoms. The van der Waals surface area contributed by atoms with Crippen molar-refractivity contribution in [3.8, 4) is 0 Å². The fraction of sp³-hybridized carbons (Fsp3) is 0.429. The van der Waals surface area contributed by atoms with Gasteiger partial charge in [-0.05, 0) is 19.1 Å². The van der Waals surface area contributed by atoms with Crippen molar-refractivity contribution >= 4 is 11.3 Å². The molecule has 0 saturated heterocycles. The Morgan fingerprint density at radius 3 is 2.00 bits per heavy atom. The molecule has 0 amide bonds. The van der Waals surface area contributed by atoms with Crippen LogP contribution in [0.25, 0.3) is 0 Å². The highest BCUT2D eigenvalue weighted by Crippen LogP contribution is 2.11. The lowest BCUT2D eigenvalue weighted by Gasteiger charge is -1.68. The molecular weight excluding hydrogens is 135 g/mol. The Morgan fingerprint density at radius 1 is 1.33 bits per heavy atom. The van der Waals surface area contributed by atoms with Crippen LogP contribution in [0.1, 0.15) is 18.7 Å². The average Bonchev–Trinajstić information content (AvgIpc) is 2.20. The predicted molar refractivity (Wildman–Crippen MR) is 40.4 cm³/mol. The molecule has 0 nitrogen and oxygen atoms in total. The standard InChI is InChI=1S/C5H5FS.C2H6/c1-4-2-3-5(6)7-4;1-2/h2-3H,1H3;1-2H3. The summed E-state index contributed by atoms with van der Waals surface area (Å²) >= 11 is 1.18. The molecule has 0 spiro atoms. The first-order valence-electron chi connectivity index (χ1n) is 3.01. The number of hydrogen-bond acceptors (Lipinski definition) is 1. The Hall–Kier alpha value is -0.370. The fourth-order valence-electron chi connectivity index (χ4n) is 0.405. The molecule has 0 saturated carbocycles. The zero-order valence-corrected chi connectivity index (χ0v) is 6.76. The molecule has 9 heavy (non-hydrogen) atoms. The van der Waals surface area contributed by atoms with Gasteiger partial charge in [0.15, 0.2) is 5.13 Å². The minimum absolute atomic E-state index is 0.0995. The summed E-state index contributed by atoms with van der Waals surface area (Å²) < 4.78 is 11.9. The van der Waals surface area contributed by atoms with Crippen LogP contribution in [-0.4, -0.2) is 0 Å². The van der Waals surface area contributed by atoms with Gasteiger partial charge in [0.05, 0.1) is 0 Å². The van der Waals surface area contributed by atoms with Gasteiger partial charge in [-0.2, -0.15) is 4.39 Å². The van der Waals surface area contributed by atoms with Crippen LogP contribution in [0.3, 0.4) is 0 Å². The van der Waals surface area contributed by atoms with E-state index >= 15 is 0 Å². The first kappa shape index (κ1) is 8.63. The molecule has 1 heterocycles. The third-order valence-electron chi connectivity index (χ3n) is 0.708. The smallest absolute Gasteiger partial charge is 0.176 e. The Balaban J connectivity index is 0.000000291. The molecule has 0 aromatic carbocycles. The largest absolute Gasteiger partial charge is 0.195 e. The summed E-state index contributed by atoms with van der Waals surface area (Å²) in [6, 6.07) is 3.24. The lowest BCUT2D eigenvalue weighted by Crippen LogP contribution is -1.45. The lowest BCUT2D eigenvalue weighted by atomic mass is 10.5. The molecule has 0 aliphatic carbocycles. The molecule has 0 radical (unpaired) electrons. The molecule has 0 unspecified atom stereocenters. The normalized spacial score (nSPS) is 8.00. The molecule has 52 valence electrons. The van der Waals surface area contributed by atoms with Crippen molar-refractivity contribution in [2.45, 2.75) is 20.8 Å². The highest BCUT2D eigenvalue weighted by atomic mass is 32.1. The van der Waals surface area contributed by atoms with Crippen molar-refractivity contribution in [1.29, 1.82) is 0 Å². The third-order valence-corrected chi connectivity index (χ3v) is 1.50. The Bertz CT molecular complexity index is 141. The van der Waals surface area contributed by atoms with Crippen LogP contribution in [0.15, 0.2) is 12.1 Å².